The van der Waals surface area contributed by atoms with E-state index in [1.54, 1.807) is 4.31 Å². The highest BCUT2D eigenvalue weighted by Gasteiger charge is 2.48. The lowest BCUT2D eigenvalue weighted by Crippen LogP contribution is -2.48. The van der Waals surface area contributed by atoms with Crippen LogP contribution >= 0.6 is 0 Å². The van der Waals surface area contributed by atoms with Crippen molar-refractivity contribution in [1.82, 2.24) is 9.62 Å². The van der Waals surface area contributed by atoms with Gasteiger partial charge in [0.15, 0.2) is 0 Å². The van der Waals surface area contributed by atoms with Gasteiger partial charge in [-0.05, 0) is 25.7 Å². The largest absolute Gasteiger partial charge is 0.377 e. The Labute approximate surface area is 131 Å². The van der Waals surface area contributed by atoms with Gasteiger partial charge >= 0.3 is 0 Å². The molecule has 1 N–H and O–H groups in total. The van der Waals surface area contributed by atoms with Crippen LogP contribution in [0.4, 0.5) is 0 Å². The van der Waals surface area contributed by atoms with Crippen LogP contribution in [0.3, 0.4) is 0 Å². The van der Waals surface area contributed by atoms with Crippen molar-refractivity contribution in [2.45, 2.75) is 49.6 Å². The maximum Gasteiger partial charge on any atom is 0.217 e. The van der Waals surface area contributed by atoms with Gasteiger partial charge in [-0.15, -0.1) is 0 Å². The van der Waals surface area contributed by atoms with E-state index in [0.29, 0.717) is 32.8 Å². The summed E-state index contributed by atoms with van der Waals surface area (Å²) in [7, 11) is -3.22. The van der Waals surface area contributed by atoms with Crippen molar-refractivity contribution in [3.05, 3.63) is 0 Å². The summed E-state index contributed by atoms with van der Waals surface area (Å²) in [6, 6.07) is 0. The van der Waals surface area contributed by atoms with Crippen LogP contribution in [0, 0.1) is 0 Å². The molecule has 0 radical (unpaired) electrons. The molecular weight excluding hydrogens is 308 g/mol. The van der Waals surface area contributed by atoms with E-state index in [1.165, 1.54) is 6.92 Å². The Kier molecular flexibility index (Phi) is 4.46. The number of nitrogens with zero attached hydrogens (tertiary/aromatic N) is 1. The van der Waals surface area contributed by atoms with Gasteiger partial charge in [0.1, 0.15) is 5.60 Å². The van der Waals surface area contributed by atoms with Crippen molar-refractivity contribution in [1.29, 1.82) is 0 Å². The van der Waals surface area contributed by atoms with Crippen LogP contribution in [0.1, 0.15) is 32.6 Å². The lowest BCUT2D eigenvalue weighted by Gasteiger charge is -2.31. The molecule has 0 aromatic rings. The van der Waals surface area contributed by atoms with Gasteiger partial charge in [0.25, 0.3) is 0 Å². The number of carbonyl (C=O) groups excluding carboxylic acids is 1. The van der Waals surface area contributed by atoms with E-state index in [-0.39, 0.29) is 17.3 Å². The van der Waals surface area contributed by atoms with Crippen molar-refractivity contribution in [3.8, 4) is 0 Å². The summed E-state index contributed by atoms with van der Waals surface area (Å²) < 4.78 is 38.3. The summed E-state index contributed by atoms with van der Waals surface area (Å²) in [4.78, 5) is 11.0. The van der Waals surface area contributed by atoms with E-state index in [4.69, 9.17) is 9.47 Å². The molecule has 0 unspecified atom stereocenters. The molecule has 2 saturated heterocycles. The van der Waals surface area contributed by atoms with E-state index in [1.807, 2.05) is 0 Å². The Balaban J connectivity index is 1.66. The van der Waals surface area contributed by atoms with Crippen molar-refractivity contribution >= 4 is 15.9 Å². The van der Waals surface area contributed by atoms with Crippen molar-refractivity contribution in [2.24, 2.45) is 0 Å². The second kappa shape index (κ2) is 6.07. The van der Waals surface area contributed by atoms with Crippen LogP contribution < -0.4 is 5.32 Å². The van der Waals surface area contributed by atoms with E-state index in [0.717, 1.165) is 25.7 Å². The molecule has 3 aliphatic rings. The number of amides is 1. The third kappa shape index (κ3) is 3.45. The Morgan fingerprint density at radius 3 is 2.82 bits per heavy atom. The second-order valence-electron chi connectivity index (χ2n) is 6.53. The third-order valence-corrected chi connectivity index (χ3v) is 6.88. The first-order chi connectivity index (χ1) is 10.4. The van der Waals surface area contributed by atoms with E-state index in [9.17, 15) is 13.2 Å². The van der Waals surface area contributed by atoms with E-state index < -0.39 is 15.6 Å². The summed E-state index contributed by atoms with van der Waals surface area (Å²) >= 11 is 0. The quantitative estimate of drug-likeness (QED) is 0.775. The first-order valence-corrected chi connectivity index (χ1v) is 9.41. The van der Waals surface area contributed by atoms with Crippen LogP contribution in [0.15, 0.2) is 0 Å². The number of hydrogen-bond acceptors (Lipinski definition) is 5. The molecule has 3 rings (SSSR count). The first-order valence-electron chi connectivity index (χ1n) is 7.90. The van der Waals surface area contributed by atoms with Crippen molar-refractivity contribution in [2.75, 3.05) is 32.8 Å². The van der Waals surface area contributed by atoms with Gasteiger partial charge in [-0.25, -0.2) is 8.42 Å². The van der Waals surface area contributed by atoms with Gasteiger partial charge < -0.3 is 14.8 Å². The fourth-order valence-corrected chi connectivity index (χ4v) is 5.08. The predicted molar refractivity (Wildman–Crippen MR) is 79.9 cm³/mol. The van der Waals surface area contributed by atoms with Crippen LogP contribution in [-0.4, -0.2) is 68.4 Å². The molecule has 1 aliphatic carbocycles. The average Bonchev–Trinajstić information content (AvgIpc) is 3.25. The highest BCUT2D eigenvalue weighted by Crippen LogP contribution is 2.37. The van der Waals surface area contributed by atoms with Gasteiger partial charge in [-0.3, -0.25) is 4.79 Å². The number of rotatable bonds is 4. The zero-order valence-electron chi connectivity index (χ0n) is 12.9. The molecule has 8 heteroatoms. The van der Waals surface area contributed by atoms with Crippen LogP contribution in [0.5, 0.6) is 0 Å². The lowest BCUT2D eigenvalue weighted by molar-refractivity contribution is -0.120. The number of ether oxygens (including phenoxy) is 2. The molecule has 3 fully saturated rings. The Bertz CT molecular complexity index is 533. The molecule has 22 heavy (non-hydrogen) atoms. The highest BCUT2D eigenvalue weighted by molar-refractivity contribution is 7.90. The fraction of sp³-hybridized carbons (Fsp3) is 0.929. The van der Waals surface area contributed by atoms with Gasteiger partial charge in [0.05, 0.1) is 24.6 Å². The maximum atomic E-state index is 12.5. The SMILES string of the molecule is CC(=O)NC[C@H]1CC[C@]2(COCCN(S(=O)(=O)C3CC3)C2)O1. The van der Waals surface area contributed by atoms with Crippen LogP contribution in [0.25, 0.3) is 0 Å². The normalized spacial score (nSPS) is 33.8. The van der Waals surface area contributed by atoms with Gasteiger partial charge in [0.2, 0.25) is 15.9 Å². The molecule has 7 nitrogen and oxygen atoms in total. The summed E-state index contributed by atoms with van der Waals surface area (Å²) in [5.41, 5.74) is -0.568. The van der Waals surface area contributed by atoms with Crippen LogP contribution in [0.2, 0.25) is 0 Å². The zero-order valence-corrected chi connectivity index (χ0v) is 13.7. The summed E-state index contributed by atoms with van der Waals surface area (Å²) in [6.45, 7) is 3.53. The van der Waals surface area contributed by atoms with Gasteiger partial charge in [0, 0.05) is 26.6 Å². The molecule has 2 aliphatic heterocycles. The molecule has 126 valence electrons. The standard InChI is InChI=1S/C14H24N2O5S/c1-11(17)15-8-12-4-5-14(21-12)9-16(6-7-20-10-14)22(18,19)13-2-3-13/h12-13H,2-10H2,1H3,(H,15,17)/t12-,14+/m1/s1. The molecule has 2 atom stereocenters. The Morgan fingerprint density at radius 2 is 2.14 bits per heavy atom. The number of nitrogens with one attached hydrogen (secondary N) is 1. The van der Waals surface area contributed by atoms with E-state index >= 15 is 0 Å². The third-order valence-electron chi connectivity index (χ3n) is 4.54. The predicted octanol–water partition coefficient (Wildman–Crippen LogP) is -0.135. The van der Waals surface area contributed by atoms with Gasteiger partial charge in [-0.1, -0.05) is 0 Å². The van der Waals surface area contributed by atoms with Crippen LogP contribution in [-0.2, 0) is 24.3 Å². The molecular formula is C14H24N2O5S. The fourth-order valence-electron chi connectivity index (χ4n) is 3.18. The lowest BCUT2D eigenvalue weighted by atomic mass is 10.0. The molecule has 0 aromatic carbocycles. The number of carbonyl (C=O) groups is 1. The summed E-state index contributed by atoms with van der Waals surface area (Å²) in [5, 5.41) is 2.55. The molecule has 1 amide bonds. The van der Waals surface area contributed by atoms with Crippen molar-refractivity contribution < 1.29 is 22.7 Å². The highest BCUT2D eigenvalue weighted by atomic mass is 32.2. The molecule has 2 heterocycles. The van der Waals surface area contributed by atoms with Crippen molar-refractivity contribution in [3.63, 3.8) is 0 Å². The average molecular weight is 332 g/mol. The smallest absolute Gasteiger partial charge is 0.217 e. The first kappa shape index (κ1) is 16.2. The second-order valence-corrected chi connectivity index (χ2v) is 8.74. The molecule has 0 bridgehead atoms. The van der Waals surface area contributed by atoms with E-state index in [2.05, 4.69) is 5.32 Å². The minimum Gasteiger partial charge on any atom is -0.377 e. The number of hydrogen-bond donors (Lipinski definition) is 1. The zero-order chi connectivity index (χ0) is 15.8. The summed E-state index contributed by atoms with van der Waals surface area (Å²) in [6.07, 6.45) is 3.02. The van der Waals surface area contributed by atoms with Gasteiger partial charge in [-0.2, -0.15) is 4.31 Å². The molecule has 1 spiro atoms. The minimum absolute atomic E-state index is 0.0731. The number of sulfonamides is 1. The minimum atomic E-state index is -3.22. The maximum absolute atomic E-state index is 12.5. The topological polar surface area (TPSA) is 84.9 Å². The monoisotopic (exact) mass is 332 g/mol. The Morgan fingerprint density at radius 1 is 1.36 bits per heavy atom. The summed E-state index contributed by atoms with van der Waals surface area (Å²) in [5.74, 6) is -0.0837. The Hall–Kier alpha value is -0.700. The molecule has 0 aromatic heterocycles. The molecule has 1 saturated carbocycles.